The molecular formula is C4H4N4O2. The Bertz CT molecular complexity index is 244. The average Bonchev–Trinajstić information content (AvgIpc) is 1.88. The van der Waals surface area contributed by atoms with Gasteiger partial charge in [-0.05, 0) is 0 Å². The van der Waals surface area contributed by atoms with Gasteiger partial charge >= 0.3 is 6.01 Å². The van der Waals surface area contributed by atoms with E-state index < -0.39 is 11.9 Å². The van der Waals surface area contributed by atoms with Crippen molar-refractivity contribution < 1.29 is 9.90 Å². The number of carbonyl (C=O) groups is 1. The lowest BCUT2D eigenvalue weighted by Crippen LogP contribution is -2.13. The topological polar surface area (TPSA) is 102 Å². The average molecular weight is 140 g/mol. The molecule has 0 spiro atoms. The van der Waals surface area contributed by atoms with Crippen LogP contribution in [0.5, 0.6) is 6.01 Å². The summed E-state index contributed by atoms with van der Waals surface area (Å²) in [6.45, 7) is 0. The third-order valence-electron chi connectivity index (χ3n) is 0.802. The van der Waals surface area contributed by atoms with Gasteiger partial charge in [-0.15, -0.1) is 5.10 Å². The summed E-state index contributed by atoms with van der Waals surface area (Å²) in [6, 6.07) is -0.481. The molecule has 0 aliphatic rings. The zero-order valence-corrected chi connectivity index (χ0v) is 4.85. The first-order valence-electron chi connectivity index (χ1n) is 2.38. The lowest BCUT2D eigenvalue weighted by atomic mass is 10.5. The molecule has 0 aliphatic carbocycles. The number of rotatable bonds is 1. The predicted molar refractivity (Wildman–Crippen MR) is 30.0 cm³/mol. The van der Waals surface area contributed by atoms with Crippen molar-refractivity contribution in [1.29, 1.82) is 0 Å². The Kier molecular flexibility index (Phi) is 1.44. The van der Waals surface area contributed by atoms with Gasteiger partial charge in [-0.3, -0.25) is 4.79 Å². The Morgan fingerprint density at radius 2 is 2.30 bits per heavy atom. The van der Waals surface area contributed by atoms with Crippen LogP contribution in [0.3, 0.4) is 0 Å². The minimum atomic E-state index is -0.722. The Hall–Kier alpha value is -1.72. The Labute approximate surface area is 55.7 Å². The number of hydrogen-bond donors (Lipinski definition) is 2. The van der Waals surface area contributed by atoms with E-state index in [9.17, 15) is 4.79 Å². The second-order valence-corrected chi connectivity index (χ2v) is 1.51. The van der Waals surface area contributed by atoms with Crippen molar-refractivity contribution in [2.75, 3.05) is 0 Å². The van der Waals surface area contributed by atoms with Gasteiger partial charge < -0.3 is 10.8 Å². The molecule has 0 saturated carbocycles. The minimum Gasteiger partial charge on any atom is -0.478 e. The summed E-state index contributed by atoms with van der Waals surface area (Å²) in [4.78, 5) is 13.6. The van der Waals surface area contributed by atoms with Gasteiger partial charge in [0, 0.05) is 0 Å². The summed E-state index contributed by atoms with van der Waals surface area (Å²) in [5.74, 6) is -0.722. The van der Waals surface area contributed by atoms with E-state index in [1.165, 1.54) is 0 Å². The van der Waals surface area contributed by atoms with Crippen LogP contribution in [-0.2, 0) is 0 Å². The van der Waals surface area contributed by atoms with Crippen LogP contribution in [0.1, 0.15) is 10.5 Å². The highest BCUT2D eigenvalue weighted by molar-refractivity contribution is 5.90. The van der Waals surface area contributed by atoms with Crippen molar-refractivity contribution in [3.63, 3.8) is 0 Å². The Morgan fingerprint density at radius 3 is 2.70 bits per heavy atom. The first kappa shape index (κ1) is 6.40. The Morgan fingerprint density at radius 1 is 1.60 bits per heavy atom. The number of aromatic nitrogens is 3. The molecule has 1 rings (SSSR count). The molecule has 0 aliphatic heterocycles. The van der Waals surface area contributed by atoms with E-state index in [1.807, 2.05) is 0 Å². The lowest BCUT2D eigenvalue weighted by molar-refractivity contribution is 0.0994. The van der Waals surface area contributed by atoms with E-state index in [0.29, 0.717) is 0 Å². The molecule has 1 aromatic heterocycles. The van der Waals surface area contributed by atoms with Crippen molar-refractivity contribution in [1.82, 2.24) is 15.2 Å². The smallest absolute Gasteiger partial charge is 0.333 e. The minimum absolute atomic E-state index is 0.0715. The molecule has 0 aromatic carbocycles. The number of primary amides is 1. The van der Waals surface area contributed by atoms with Gasteiger partial charge in [0.25, 0.3) is 5.91 Å². The van der Waals surface area contributed by atoms with Crippen LogP contribution in [0.25, 0.3) is 0 Å². The summed E-state index contributed by atoms with van der Waals surface area (Å²) in [5.41, 5.74) is 4.73. The molecule has 6 heteroatoms. The Balaban J connectivity index is 3.00. The summed E-state index contributed by atoms with van der Waals surface area (Å²) in [5, 5.41) is 14.8. The van der Waals surface area contributed by atoms with Crippen molar-refractivity contribution >= 4 is 5.91 Å². The molecule has 0 radical (unpaired) electrons. The van der Waals surface area contributed by atoms with Crippen molar-refractivity contribution in [3.05, 3.63) is 11.9 Å². The monoisotopic (exact) mass is 140 g/mol. The summed E-state index contributed by atoms with van der Waals surface area (Å²) in [6.07, 6.45) is 1.05. The SMILES string of the molecule is NC(=O)c1cnc(O)nn1. The zero-order chi connectivity index (χ0) is 7.56. The first-order chi connectivity index (χ1) is 4.70. The van der Waals surface area contributed by atoms with E-state index in [-0.39, 0.29) is 5.69 Å². The number of aromatic hydroxyl groups is 1. The van der Waals surface area contributed by atoms with E-state index in [2.05, 4.69) is 15.2 Å². The van der Waals surface area contributed by atoms with Crippen LogP contribution in [0.2, 0.25) is 0 Å². The van der Waals surface area contributed by atoms with E-state index >= 15 is 0 Å². The highest BCUT2D eigenvalue weighted by atomic mass is 16.3. The second-order valence-electron chi connectivity index (χ2n) is 1.51. The van der Waals surface area contributed by atoms with Gasteiger partial charge in [0.1, 0.15) is 0 Å². The van der Waals surface area contributed by atoms with Crippen molar-refractivity contribution in [2.45, 2.75) is 0 Å². The summed E-state index contributed by atoms with van der Waals surface area (Å²) < 4.78 is 0. The molecule has 0 bridgehead atoms. The third kappa shape index (κ3) is 1.16. The van der Waals surface area contributed by atoms with Crippen LogP contribution in [0, 0.1) is 0 Å². The van der Waals surface area contributed by atoms with Gasteiger partial charge in [-0.1, -0.05) is 5.10 Å². The maximum Gasteiger partial charge on any atom is 0.333 e. The molecular weight excluding hydrogens is 136 g/mol. The molecule has 0 unspecified atom stereocenters. The lowest BCUT2D eigenvalue weighted by Gasteiger charge is -1.89. The van der Waals surface area contributed by atoms with Crippen molar-refractivity contribution in [3.8, 4) is 6.01 Å². The van der Waals surface area contributed by atoms with Crippen LogP contribution in [-0.4, -0.2) is 26.2 Å². The quantitative estimate of drug-likeness (QED) is 0.503. The zero-order valence-electron chi connectivity index (χ0n) is 4.85. The van der Waals surface area contributed by atoms with Crippen LogP contribution >= 0.6 is 0 Å². The summed E-state index contributed by atoms with van der Waals surface area (Å²) >= 11 is 0. The highest BCUT2D eigenvalue weighted by Gasteiger charge is 2.01. The van der Waals surface area contributed by atoms with Gasteiger partial charge in [0.15, 0.2) is 5.69 Å². The van der Waals surface area contributed by atoms with E-state index in [0.717, 1.165) is 6.20 Å². The molecule has 0 atom stereocenters. The second kappa shape index (κ2) is 2.26. The number of amides is 1. The standard InChI is InChI=1S/C4H4N4O2/c5-3(9)2-1-6-4(10)8-7-2/h1H,(H2,5,9)(H,6,8,10). The molecule has 1 aromatic rings. The van der Waals surface area contributed by atoms with E-state index in [1.54, 1.807) is 0 Å². The third-order valence-corrected chi connectivity index (χ3v) is 0.802. The van der Waals surface area contributed by atoms with Crippen LogP contribution in [0.15, 0.2) is 6.20 Å². The molecule has 3 N–H and O–H groups in total. The molecule has 1 amide bonds. The van der Waals surface area contributed by atoms with Gasteiger partial charge in [0.2, 0.25) is 0 Å². The maximum absolute atomic E-state index is 10.3. The number of nitrogens with two attached hydrogens (primary N) is 1. The predicted octanol–water partition coefficient (Wildman–Crippen LogP) is -1.32. The van der Waals surface area contributed by atoms with Gasteiger partial charge in [-0.25, -0.2) is 4.98 Å². The van der Waals surface area contributed by atoms with Crippen molar-refractivity contribution in [2.24, 2.45) is 5.73 Å². The maximum atomic E-state index is 10.3. The first-order valence-corrected chi connectivity index (χ1v) is 2.38. The molecule has 10 heavy (non-hydrogen) atoms. The molecule has 6 nitrogen and oxygen atoms in total. The number of carbonyl (C=O) groups excluding carboxylic acids is 1. The fourth-order valence-corrected chi connectivity index (χ4v) is 0.382. The molecule has 52 valence electrons. The number of nitrogens with zero attached hydrogens (tertiary/aromatic N) is 3. The molecule has 0 saturated heterocycles. The van der Waals surface area contributed by atoms with Gasteiger partial charge in [-0.2, -0.15) is 0 Å². The normalized spacial score (nSPS) is 9.20. The van der Waals surface area contributed by atoms with Gasteiger partial charge in [0.05, 0.1) is 6.20 Å². The highest BCUT2D eigenvalue weighted by Crippen LogP contribution is 1.93. The van der Waals surface area contributed by atoms with Crippen LogP contribution in [0.4, 0.5) is 0 Å². The van der Waals surface area contributed by atoms with Crippen LogP contribution < -0.4 is 5.73 Å². The van der Waals surface area contributed by atoms with E-state index in [4.69, 9.17) is 10.8 Å². The molecule has 0 fully saturated rings. The molecule has 1 heterocycles. The largest absolute Gasteiger partial charge is 0.478 e. The fourth-order valence-electron chi connectivity index (χ4n) is 0.382. The summed E-state index contributed by atoms with van der Waals surface area (Å²) in [7, 11) is 0. The fraction of sp³-hybridized carbons (Fsp3) is 0. The number of hydrogen-bond acceptors (Lipinski definition) is 5.